The van der Waals surface area contributed by atoms with E-state index < -0.39 is 31.3 Å². The lowest BCUT2D eigenvalue weighted by Gasteiger charge is -2.05. The van der Waals surface area contributed by atoms with Crippen LogP contribution in [0.25, 0.3) is 0 Å². The summed E-state index contributed by atoms with van der Waals surface area (Å²) in [4.78, 5) is 9.14. The number of hydrogen-bond acceptors (Lipinski definition) is 5. The number of nitrogens with zero attached hydrogens (tertiary/aromatic N) is 2. The lowest BCUT2D eigenvalue weighted by atomic mass is 10.3. The predicted molar refractivity (Wildman–Crippen MR) is 62.5 cm³/mol. The molecular weight excluding hydrogens is 279 g/mol. The first-order valence-electron chi connectivity index (χ1n) is 4.86. The zero-order chi connectivity index (χ0) is 14.0. The molecule has 1 heterocycles. The van der Waals surface area contributed by atoms with Crippen LogP contribution in [0.1, 0.15) is 0 Å². The second-order valence-corrected chi connectivity index (χ2v) is 5.15. The van der Waals surface area contributed by atoms with Gasteiger partial charge < -0.3 is 0 Å². The van der Waals surface area contributed by atoms with Crippen LogP contribution in [0, 0.1) is 15.9 Å². The molecule has 0 bridgehead atoms. The molecule has 0 radical (unpaired) electrons. The van der Waals surface area contributed by atoms with Crippen LogP contribution >= 0.6 is 0 Å². The molecule has 0 spiro atoms. The van der Waals surface area contributed by atoms with E-state index in [-0.39, 0.29) is 5.69 Å². The number of benzene rings is 1. The van der Waals surface area contributed by atoms with Gasteiger partial charge in [0.25, 0.3) is 10.0 Å². The van der Waals surface area contributed by atoms with Crippen LogP contribution in [0.2, 0.25) is 0 Å². The molecule has 1 aromatic carbocycles. The normalized spacial score (nSPS) is 11.2. The van der Waals surface area contributed by atoms with Gasteiger partial charge in [0.2, 0.25) is 5.82 Å². The average Bonchev–Trinajstić information content (AvgIpc) is 2.80. The van der Waals surface area contributed by atoms with Gasteiger partial charge in [0.15, 0.2) is 0 Å². The number of nitro groups is 1. The molecule has 19 heavy (non-hydrogen) atoms. The highest BCUT2D eigenvalue weighted by Crippen LogP contribution is 2.22. The number of halogens is 1. The predicted octanol–water partition coefficient (Wildman–Crippen LogP) is 1.26. The van der Waals surface area contributed by atoms with Crippen LogP contribution in [0.5, 0.6) is 0 Å². The van der Waals surface area contributed by atoms with Gasteiger partial charge in [-0.25, -0.2) is 8.42 Å². The van der Waals surface area contributed by atoms with Gasteiger partial charge >= 0.3 is 5.69 Å². The Hall–Kier alpha value is -2.49. The van der Waals surface area contributed by atoms with E-state index in [0.717, 1.165) is 12.1 Å². The van der Waals surface area contributed by atoms with Crippen molar-refractivity contribution in [2.75, 3.05) is 4.72 Å². The number of aromatic amines is 1. The van der Waals surface area contributed by atoms with Crippen molar-refractivity contribution in [3.8, 4) is 0 Å². The van der Waals surface area contributed by atoms with Crippen LogP contribution in [0.15, 0.2) is 35.5 Å². The number of aromatic nitrogens is 2. The van der Waals surface area contributed by atoms with Crippen molar-refractivity contribution in [3.63, 3.8) is 0 Å². The van der Waals surface area contributed by atoms with E-state index in [1.807, 2.05) is 0 Å². The van der Waals surface area contributed by atoms with Crippen molar-refractivity contribution in [3.05, 3.63) is 46.5 Å². The standard InChI is InChI=1S/C9H7FN4O4S/c10-8-2-1-7(3-9(8)14(15)16)19(17,18)13-6-4-11-12-5-6/h1-5,13H,(H,11,12). The Kier molecular flexibility index (Phi) is 3.17. The number of hydrogen-bond donors (Lipinski definition) is 2. The first kappa shape index (κ1) is 13.0. The Morgan fingerprint density at radius 1 is 1.42 bits per heavy atom. The monoisotopic (exact) mass is 286 g/mol. The van der Waals surface area contributed by atoms with Gasteiger partial charge in [0, 0.05) is 12.3 Å². The molecule has 0 fully saturated rings. The Morgan fingerprint density at radius 3 is 2.74 bits per heavy atom. The van der Waals surface area contributed by atoms with E-state index in [1.54, 1.807) is 0 Å². The van der Waals surface area contributed by atoms with E-state index in [9.17, 15) is 22.9 Å². The molecule has 2 N–H and O–H groups in total. The minimum Gasteiger partial charge on any atom is -0.284 e. The Balaban J connectivity index is 2.41. The van der Waals surface area contributed by atoms with Gasteiger partial charge in [-0.1, -0.05) is 0 Å². The Bertz CT molecular complexity index is 714. The molecule has 0 saturated carbocycles. The molecular formula is C9H7FN4O4S. The molecule has 0 atom stereocenters. The van der Waals surface area contributed by atoms with Crippen LogP contribution in [0.3, 0.4) is 0 Å². The highest BCUT2D eigenvalue weighted by Gasteiger charge is 2.21. The molecule has 2 aromatic rings. The van der Waals surface area contributed by atoms with Crippen LogP contribution in [0.4, 0.5) is 15.8 Å². The van der Waals surface area contributed by atoms with E-state index >= 15 is 0 Å². The third-order valence-electron chi connectivity index (χ3n) is 2.18. The largest absolute Gasteiger partial charge is 0.306 e. The topological polar surface area (TPSA) is 118 Å². The molecule has 10 heteroatoms. The van der Waals surface area contributed by atoms with Crippen LogP contribution in [-0.4, -0.2) is 23.5 Å². The fourth-order valence-corrected chi connectivity index (χ4v) is 2.37. The second kappa shape index (κ2) is 4.65. The lowest BCUT2D eigenvalue weighted by Crippen LogP contribution is -2.13. The summed E-state index contributed by atoms with van der Waals surface area (Å²) in [7, 11) is -4.04. The summed E-state index contributed by atoms with van der Waals surface area (Å²) in [5, 5.41) is 16.5. The van der Waals surface area contributed by atoms with E-state index in [1.165, 1.54) is 12.4 Å². The fraction of sp³-hybridized carbons (Fsp3) is 0. The van der Waals surface area contributed by atoms with Gasteiger partial charge in [-0.15, -0.1) is 0 Å². The molecule has 0 unspecified atom stereocenters. The number of rotatable bonds is 4. The second-order valence-electron chi connectivity index (χ2n) is 3.46. The van der Waals surface area contributed by atoms with Crippen molar-refractivity contribution in [1.82, 2.24) is 10.2 Å². The van der Waals surface area contributed by atoms with Crippen molar-refractivity contribution in [2.45, 2.75) is 4.90 Å². The van der Waals surface area contributed by atoms with Crippen LogP contribution < -0.4 is 4.72 Å². The first-order valence-corrected chi connectivity index (χ1v) is 6.34. The zero-order valence-corrected chi connectivity index (χ0v) is 10.0. The number of sulfonamides is 1. The summed E-state index contributed by atoms with van der Waals surface area (Å²) in [5.41, 5.74) is -0.748. The first-order chi connectivity index (χ1) is 8.90. The molecule has 8 nitrogen and oxygen atoms in total. The van der Waals surface area contributed by atoms with Crippen molar-refractivity contribution in [2.24, 2.45) is 0 Å². The molecule has 0 aliphatic heterocycles. The Labute approximate surface area is 106 Å². The fourth-order valence-electron chi connectivity index (χ4n) is 1.32. The highest BCUT2D eigenvalue weighted by molar-refractivity contribution is 7.92. The maximum atomic E-state index is 13.1. The SMILES string of the molecule is O=[N+]([O-])c1cc(S(=O)(=O)Nc2cn[nH]c2)ccc1F. The molecule has 0 aliphatic rings. The van der Waals surface area contributed by atoms with Crippen molar-refractivity contribution < 1.29 is 17.7 Å². The Morgan fingerprint density at radius 2 is 2.16 bits per heavy atom. The minimum atomic E-state index is -4.04. The minimum absolute atomic E-state index is 0.159. The summed E-state index contributed by atoms with van der Waals surface area (Å²) in [6.45, 7) is 0. The zero-order valence-electron chi connectivity index (χ0n) is 9.20. The quantitative estimate of drug-likeness (QED) is 0.648. The summed E-state index contributed by atoms with van der Waals surface area (Å²) in [6.07, 6.45) is 2.50. The summed E-state index contributed by atoms with van der Waals surface area (Å²) >= 11 is 0. The van der Waals surface area contributed by atoms with Gasteiger partial charge in [-0.3, -0.25) is 19.9 Å². The number of nitro benzene ring substituents is 1. The molecule has 0 amide bonds. The summed E-state index contributed by atoms with van der Waals surface area (Å²) < 4.78 is 39.0. The van der Waals surface area contributed by atoms with Crippen LogP contribution in [-0.2, 0) is 10.0 Å². The maximum absolute atomic E-state index is 13.1. The third-order valence-corrected chi connectivity index (χ3v) is 3.55. The number of anilines is 1. The van der Waals surface area contributed by atoms with E-state index in [0.29, 0.717) is 6.07 Å². The maximum Gasteiger partial charge on any atom is 0.306 e. The average molecular weight is 286 g/mol. The smallest absolute Gasteiger partial charge is 0.284 e. The van der Waals surface area contributed by atoms with Gasteiger partial charge in [0.1, 0.15) is 0 Å². The molecule has 0 saturated heterocycles. The molecule has 2 rings (SSSR count). The number of H-pyrrole nitrogens is 1. The summed E-state index contributed by atoms with van der Waals surface area (Å²) in [6, 6.07) is 2.31. The van der Waals surface area contributed by atoms with E-state index in [4.69, 9.17) is 0 Å². The van der Waals surface area contributed by atoms with Crippen molar-refractivity contribution in [1.29, 1.82) is 0 Å². The molecule has 100 valence electrons. The summed E-state index contributed by atoms with van der Waals surface area (Å²) in [5.74, 6) is -1.10. The lowest BCUT2D eigenvalue weighted by molar-refractivity contribution is -0.387. The van der Waals surface area contributed by atoms with Crippen molar-refractivity contribution >= 4 is 21.4 Å². The van der Waals surface area contributed by atoms with Gasteiger partial charge in [-0.05, 0) is 12.1 Å². The molecule has 1 aromatic heterocycles. The van der Waals surface area contributed by atoms with Gasteiger partial charge in [0.05, 0.1) is 21.7 Å². The molecule has 0 aliphatic carbocycles. The third kappa shape index (κ3) is 2.68. The van der Waals surface area contributed by atoms with E-state index in [2.05, 4.69) is 14.9 Å². The number of nitrogens with one attached hydrogen (secondary N) is 2. The highest BCUT2D eigenvalue weighted by atomic mass is 32.2. The van der Waals surface area contributed by atoms with Gasteiger partial charge in [-0.2, -0.15) is 9.49 Å².